The van der Waals surface area contributed by atoms with Gasteiger partial charge in [-0.1, -0.05) is 52.4 Å². The first-order chi connectivity index (χ1) is 14.2. The molecule has 168 valence electrons. The van der Waals surface area contributed by atoms with Gasteiger partial charge in [0.05, 0.1) is 5.92 Å². The average Bonchev–Trinajstić information content (AvgIpc) is 2.76. The summed E-state index contributed by atoms with van der Waals surface area (Å²) < 4.78 is 5.97. The van der Waals surface area contributed by atoms with E-state index in [0.717, 1.165) is 56.7 Å². The lowest BCUT2D eigenvalue weighted by atomic mass is 9.80. The van der Waals surface area contributed by atoms with Crippen LogP contribution in [0.5, 0.6) is 0 Å². The highest BCUT2D eigenvalue weighted by Crippen LogP contribution is 2.34. The Morgan fingerprint density at radius 2 is 1.38 bits per heavy atom. The van der Waals surface area contributed by atoms with Gasteiger partial charge >= 0.3 is 5.97 Å². The summed E-state index contributed by atoms with van der Waals surface area (Å²) in [6, 6.07) is 0.794. The number of unbranched alkanes of at least 4 members (excludes halogenated alkanes) is 2. The summed E-state index contributed by atoms with van der Waals surface area (Å²) in [6.07, 6.45) is 20.8. The molecule has 0 aromatic heterocycles. The van der Waals surface area contributed by atoms with Crippen LogP contribution in [0.4, 0.5) is 0 Å². The largest absolute Gasteiger partial charge is 0.462 e. The molecular formula is C26H47NO2. The molecule has 1 aliphatic heterocycles. The van der Waals surface area contributed by atoms with Crippen molar-refractivity contribution in [1.82, 2.24) is 4.90 Å². The topological polar surface area (TPSA) is 29.5 Å². The van der Waals surface area contributed by atoms with Gasteiger partial charge in [0.1, 0.15) is 6.10 Å². The van der Waals surface area contributed by atoms with Crippen LogP contribution in [0, 0.1) is 17.8 Å². The van der Waals surface area contributed by atoms with Crippen molar-refractivity contribution in [1.29, 1.82) is 0 Å². The summed E-state index contributed by atoms with van der Waals surface area (Å²) in [7, 11) is 0. The molecule has 0 amide bonds. The van der Waals surface area contributed by atoms with E-state index in [4.69, 9.17) is 4.74 Å². The van der Waals surface area contributed by atoms with Crippen molar-refractivity contribution in [2.24, 2.45) is 17.8 Å². The molecular weight excluding hydrogens is 358 g/mol. The lowest BCUT2D eigenvalue weighted by molar-refractivity contribution is -0.158. The molecule has 0 aromatic rings. The Kier molecular flexibility index (Phi) is 9.82. The number of carbonyl (C=O) groups is 1. The van der Waals surface area contributed by atoms with Crippen LogP contribution < -0.4 is 0 Å². The molecule has 0 unspecified atom stereocenters. The van der Waals surface area contributed by atoms with Gasteiger partial charge in [0, 0.05) is 19.1 Å². The van der Waals surface area contributed by atoms with E-state index in [-0.39, 0.29) is 18.0 Å². The molecule has 1 saturated heterocycles. The molecule has 3 aliphatic rings. The number of nitrogens with zero attached hydrogens (tertiary/aromatic N) is 1. The number of hydrogen-bond acceptors (Lipinski definition) is 3. The molecule has 3 fully saturated rings. The van der Waals surface area contributed by atoms with E-state index in [1.54, 1.807) is 0 Å². The number of carbonyl (C=O) groups excluding carboxylic acids is 1. The van der Waals surface area contributed by atoms with Crippen molar-refractivity contribution in [2.45, 2.75) is 129 Å². The molecule has 0 radical (unpaired) electrons. The molecule has 0 bridgehead atoms. The number of rotatable bonds is 9. The van der Waals surface area contributed by atoms with Gasteiger partial charge in [-0.25, -0.2) is 0 Å². The fourth-order valence-corrected chi connectivity index (χ4v) is 6.20. The molecule has 3 heteroatoms. The summed E-state index contributed by atoms with van der Waals surface area (Å²) in [5, 5.41) is 0. The maximum atomic E-state index is 12.6. The van der Waals surface area contributed by atoms with Crippen molar-refractivity contribution >= 4 is 5.97 Å². The standard InChI is InChI=1S/C26H47NO2/c1-3-5-6-8-22-11-15-24(16-12-22)27-19-17-25(18-20-27)29-26(28)23-13-9-21(7-4-2)10-14-23/h21-25H,3-20H2,1-2H3/t21?,22-,23?,24-. The van der Waals surface area contributed by atoms with Crippen LogP contribution in [0.15, 0.2) is 0 Å². The monoisotopic (exact) mass is 405 g/mol. The second-order valence-electron chi connectivity index (χ2n) is 10.3. The molecule has 2 aliphatic carbocycles. The highest BCUT2D eigenvalue weighted by Gasteiger charge is 2.32. The zero-order valence-electron chi connectivity index (χ0n) is 19.4. The molecule has 1 heterocycles. The van der Waals surface area contributed by atoms with E-state index in [1.807, 2.05) is 0 Å². The molecule has 29 heavy (non-hydrogen) atoms. The summed E-state index contributed by atoms with van der Waals surface area (Å²) in [6.45, 7) is 6.83. The maximum absolute atomic E-state index is 12.6. The first-order valence-electron chi connectivity index (χ1n) is 13.1. The first-order valence-corrected chi connectivity index (χ1v) is 13.1. The van der Waals surface area contributed by atoms with Gasteiger partial charge in [0.15, 0.2) is 0 Å². The molecule has 3 rings (SSSR count). The van der Waals surface area contributed by atoms with Gasteiger partial charge in [-0.15, -0.1) is 0 Å². The smallest absolute Gasteiger partial charge is 0.309 e. The molecule has 0 aromatic carbocycles. The van der Waals surface area contributed by atoms with Crippen LogP contribution in [0.1, 0.15) is 117 Å². The third-order valence-electron chi connectivity index (χ3n) is 8.19. The average molecular weight is 406 g/mol. The fourth-order valence-electron chi connectivity index (χ4n) is 6.20. The van der Waals surface area contributed by atoms with Crippen molar-refractivity contribution in [3.63, 3.8) is 0 Å². The molecule has 0 spiro atoms. The summed E-state index contributed by atoms with van der Waals surface area (Å²) in [5.74, 6) is 2.15. The van der Waals surface area contributed by atoms with Gasteiger partial charge in [0.2, 0.25) is 0 Å². The number of ether oxygens (including phenoxy) is 1. The predicted octanol–water partition coefficient (Wildman–Crippen LogP) is 6.74. The van der Waals surface area contributed by atoms with E-state index < -0.39 is 0 Å². The summed E-state index contributed by atoms with van der Waals surface area (Å²) in [5.41, 5.74) is 0. The van der Waals surface area contributed by atoms with E-state index >= 15 is 0 Å². The third kappa shape index (κ3) is 7.26. The summed E-state index contributed by atoms with van der Waals surface area (Å²) >= 11 is 0. The zero-order valence-corrected chi connectivity index (χ0v) is 19.4. The Balaban J connectivity index is 1.30. The van der Waals surface area contributed by atoms with E-state index in [1.165, 1.54) is 77.0 Å². The quantitative estimate of drug-likeness (QED) is 0.314. The Morgan fingerprint density at radius 1 is 0.759 bits per heavy atom. The van der Waals surface area contributed by atoms with Crippen LogP contribution in [0.25, 0.3) is 0 Å². The van der Waals surface area contributed by atoms with Crippen molar-refractivity contribution in [3.05, 3.63) is 0 Å². The van der Waals surface area contributed by atoms with Crippen molar-refractivity contribution < 1.29 is 9.53 Å². The normalized spacial score (nSPS) is 32.2. The second-order valence-corrected chi connectivity index (χ2v) is 10.3. The summed E-state index contributed by atoms with van der Waals surface area (Å²) in [4.78, 5) is 15.3. The lowest BCUT2D eigenvalue weighted by Gasteiger charge is -2.41. The van der Waals surface area contributed by atoms with Crippen LogP contribution >= 0.6 is 0 Å². The van der Waals surface area contributed by atoms with E-state index in [2.05, 4.69) is 18.7 Å². The van der Waals surface area contributed by atoms with Gasteiger partial charge in [-0.2, -0.15) is 0 Å². The van der Waals surface area contributed by atoms with Crippen LogP contribution in [-0.4, -0.2) is 36.1 Å². The highest BCUT2D eigenvalue weighted by molar-refractivity contribution is 5.72. The third-order valence-corrected chi connectivity index (χ3v) is 8.19. The lowest BCUT2D eigenvalue weighted by Crippen LogP contribution is -2.45. The number of esters is 1. The molecule has 0 N–H and O–H groups in total. The minimum atomic E-state index is 0.117. The molecule has 3 nitrogen and oxygen atoms in total. The predicted molar refractivity (Wildman–Crippen MR) is 121 cm³/mol. The Hall–Kier alpha value is -0.570. The Bertz CT molecular complexity index is 455. The van der Waals surface area contributed by atoms with E-state index in [9.17, 15) is 4.79 Å². The minimum Gasteiger partial charge on any atom is -0.462 e. The number of piperidine rings is 1. The van der Waals surface area contributed by atoms with Crippen molar-refractivity contribution in [3.8, 4) is 0 Å². The van der Waals surface area contributed by atoms with Gasteiger partial charge in [0.25, 0.3) is 0 Å². The van der Waals surface area contributed by atoms with Crippen LogP contribution in [0.3, 0.4) is 0 Å². The Morgan fingerprint density at radius 3 is 2.00 bits per heavy atom. The van der Waals surface area contributed by atoms with Gasteiger partial charge < -0.3 is 9.64 Å². The SMILES string of the molecule is CCCCC[C@H]1CC[C@H](N2CCC(OC(=O)C3CCC(CCC)CC3)CC2)CC1. The minimum absolute atomic E-state index is 0.117. The number of likely N-dealkylation sites (tertiary alicyclic amines) is 1. The van der Waals surface area contributed by atoms with Gasteiger partial charge in [-0.05, 0) is 76.0 Å². The molecule has 2 saturated carbocycles. The zero-order chi connectivity index (χ0) is 20.5. The van der Waals surface area contributed by atoms with Crippen LogP contribution in [0.2, 0.25) is 0 Å². The second kappa shape index (κ2) is 12.3. The fraction of sp³-hybridized carbons (Fsp3) is 0.962. The van der Waals surface area contributed by atoms with Crippen molar-refractivity contribution in [2.75, 3.05) is 13.1 Å². The first kappa shape index (κ1) is 23.1. The van der Waals surface area contributed by atoms with E-state index in [0.29, 0.717) is 0 Å². The van der Waals surface area contributed by atoms with Crippen LogP contribution in [-0.2, 0) is 9.53 Å². The number of hydrogen-bond donors (Lipinski definition) is 0. The Labute approximate surface area is 180 Å². The molecule has 0 atom stereocenters. The maximum Gasteiger partial charge on any atom is 0.309 e. The highest BCUT2D eigenvalue weighted by atomic mass is 16.5. The van der Waals surface area contributed by atoms with Gasteiger partial charge in [-0.3, -0.25) is 4.79 Å².